The first-order valence-electron chi connectivity index (χ1n) is 6.95. The summed E-state index contributed by atoms with van der Waals surface area (Å²) < 4.78 is 0. The van der Waals surface area contributed by atoms with E-state index < -0.39 is 0 Å². The quantitative estimate of drug-likeness (QED) is 0.918. The summed E-state index contributed by atoms with van der Waals surface area (Å²) in [5, 5.41) is 5.56. The van der Waals surface area contributed by atoms with Crippen LogP contribution in [-0.4, -0.2) is 29.4 Å². The summed E-state index contributed by atoms with van der Waals surface area (Å²) in [6, 6.07) is 13.9. The molecule has 2 atom stereocenters. The summed E-state index contributed by atoms with van der Waals surface area (Å²) in [5.74, 6) is 1.13. The average Bonchev–Trinajstić information content (AvgIpc) is 3.14. The van der Waals surface area contributed by atoms with Crippen LogP contribution in [0.25, 0.3) is 0 Å². The van der Waals surface area contributed by atoms with Gasteiger partial charge in [-0.15, -0.1) is 11.3 Å². The van der Waals surface area contributed by atoms with E-state index in [1.807, 2.05) is 41.3 Å². The largest absolute Gasteiger partial charge is 0.320 e. The van der Waals surface area contributed by atoms with Gasteiger partial charge in [-0.2, -0.15) is 11.8 Å². The fourth-order valence-electron chi connectivity index (χ4n) is 2.61. The van der Waals surface area contributed by atoms with Gasteiger partial charge < -0.3 is 4.90 Å². The summed E-state index contributed by atoms with van der Waals surface area (Å²) in [7, 11) is 0. The van der Waals surface area contributed by atoms with Gasteiger partial charge in [0.15, 0.2) is 0 Å². The molecule has 0 spiro atoms. The molecule has 110 valence electrons. The Morgan fingerprint density at radius 3 is 2.71 bits per heavy atom. The zero-order valence-corrected chi connectivity index (χ0v) is 13.5. The molecule has 1 aromatic heterocycles. The van der Waals surface area contributed by atoms with Crippen molar-refractivity contribution in [3.8, 4) is 0 Å². The maximum Gasteiger partial charge on any atom is 0.245 e. The van der Waals surface area contributed by atoms with Gasteiger partial charge in [0, 0.05) is 17.2 Å². The van der Waals surface area contributed by atoms with Crippen LogP contribution < -0.4 is 5.32 Å². The van der Waals surface area contributed by atoms with Gasteiger partial charge >= 0.3 is 0 Å². The highest BCUT2D eigenvalue weighted by Crippen LogP contribution is 2.34. The Hall–Kier alpha value is -1.30. The summed E-state index contributed by atoms with van der Waals surface area (Å²) in [4.78, 5) is 15.9. The topological polar surface area (TPSA) is 32.3 Å². The van der Waals surface area contributed by atoms with E-state index in [4.69, 9.17) is 0 Å². The second-order valence-corrected chi connectivity index (χ2v) is 6.92. The number of carbonyl (C=O) groups is 1. The van der Waals surface area contributed by atoms with Crippen molar-refractivity contribution in [1.82, 2.24) is 10.2 Å². The van der Waals surface area contributed by atoms with Crippen LogP contribution in [0.5, 0.6) is 0 Å². The summed E-state index contributed by atoms with van der Waals surface area (Å²) >= 11 is 3.46. The predicted octanol–water partition coefficient (Wildman–Crippen LogP) is 3.28. The third-order valence-electron chi connectivity index (χ3n) is 3.65. The Balaban J connectivity index is 1.87. The van der Waals surface area contributed by atoms with Gasteiger partial charge in [-0.1, -0.05) is 36.4 Å². The minimum absolute atomic E-state index is 0.00476. The van der Waals surface area contributed by atoms with E-state index in [2.05, 4.69) is 23.0 Å². The van der Waals surface area contributed by atoms with Gasteiger partial charge in [0.25, 0.3) is 0 Å². The molecule has 0 radical (unpaired) electrons. The number of nitrogens with one attached hydrogen (secondary N) is 1. The van der Waals surface area contributed by atoms with Crippen molar-refractivity contribution in [2.75, 3.05) is 18.6 Å². The molecule has 0 aliphatic carbocycles. The fraction of sp³-hybridized carbons (Fsp3) is 0.312. The van der Waals surface area contributed by atoms with Gasteiger partial charge in [-0.05, 0) is 23.3 Å². The van der Waals surface area contributed by atoms with Crippen LogP contribution in [0.1, 0.15) is 22.6 Å². The molecule has 0 saturated carbocycles. The number of hydrogen-bond donors (Lipinski definition) is 1. The first-order valence-corrected chi connectivity index (χ1v) is 9.22. The van der Waals surface area contributed by atoms with Crippen molar-refractivity contribution in [3.05, 3.63) is 58.3 Å². The van der Waals surface area contributed by atoms with Crippen LogP contribution in [0.4, 0.5) is 0 Å². The first-order chi connectivity index (χ1) is 10.3. The number of benzene rings is 1. The van der Waals surface area contributed by atoms with Gasteiger partial charge in [-0.25, -0.2) is 0 Å². The molecule has 1 aliphatic rings. The van der Waals surface area contributed by atoms with Gasteiger partial charge in [-0.3, -0.25) is 10.1 Å². The van der Waals surface area contributed by atoms with Crippen molar-refractivity contribution in [2.45, 2.75) is 12.2 Å². The Morgan fingerprint density at radius 2 is 2.05 bits per heavy atom. The Kier molecular flexibility index (Phi) is 4.63. The van der Waals surface area contributed by atoms with Gasteiger partial charge in [0.1, 0.15) is 12.2 Å². The number of amides is 1. The number of thioether (sulfide) groups is 1. The van der Waals surface area contributed by atoms with Crippen LogP contribution in [0.3, 0.4) is 0 Å². The number of nitrogens with zero attached hydrogens (tertiary/aromatic N) is 1. The van der Waals surface area contributed by atoms with Crippen molar-refractivity contribution < 1.29 is 4.79 Å². The highest BCUT2D eigenvalue weighted by Gasteiger charge is 2.40. The molecule has 2 heterocycles. The van der Waals surface area contributed by atoms with Crippen molar-refractivity contribution in [3.63, 3.8) is 0 Å². The van der Waals surface area contributed by atoms with E-state index >= 15 is 0 Å². The second-order valence-electron chi connectivity index (χ2n) is 4.95. The van der Waals surface area contributed by atoms with Crippen LogP contribution in [-0.2, 0) is 4.79 Å². The molecule has 1 aliphatic heterocycles. The second kappa shape index (κ2) is 6.64. The van der Waals surface area contributed by atoms with Crippen molar-refractivity contribution in [2.24, 2.45) is 0 Å². The lowest BCUT2D eigenvalue weighted by Gasteiger charge is -2.22. The number of rotatable bonds is 5. The molecule has 1 saturated heterocycles. The highest BCUT2D eigenvalue weighted by molar-refractivity contribution is 7.98. The molecule has 21 heavy (non-hydrogen) atoms. The van der Waals surface area contributed by atoms with Gasteiger partial charge in [0.05, 0.1) is 0 Å². The smallest absolute Gasteiger partial charge is 0.245 e. The molecule has 1 N–H and O–H groups in total. The fourth-order valence-corrected chi connectivity index (χ4v) is 3.78. The van der Waals surface area contributed by atoms with Crippen LogP contribution in [0, 0.1) is 0 Å². The Bertz CT molecular complexity index is 586. The molecular formula is C16H18N2OS2. The lowest BCUT2D eigenvalue weighted by Crippen LogP contribution is -2.31. The Morgan fingerprint density at radius 1 is 1.24 bits per heavy atom. The van der Waals surface area contributed by atoms with Crippen LogP contribution in [0.2, 0.25) is 0 Å². The molecule has 1 amide bonds. The molecule has 3 rings (SSSR count). The lowest BCUT2D eigenvalue weighted by atomic mass is 10.1. The molecule has 2 unspecified atom stereocenters. The summed E-state index contributed by atoms with van der Waals surface area (Å²) in [6.45, 7) is 0.777. The van der Waals surface area contributed by atoms with Crippen LogP contribution in [0.15, 0.2) is 47.8 Å². The zero-order chi connectivity index (χ0) is 14.7. The monoisotopic (exact) mass is 318 g/mol. The lowest BCUT2D eigenvalue weighted by molar-refractivity contribution is -0.129. The maximum atomic E-state index is 12.8. The van der Waals surface area contributed by atoms with E-state index in [1.54, 1.807) is 23.1 Å². The normalized spacial score (nSPS) is 22.0. The predicted molar refractivity (Wildman–Crippen MR) is 89.5 cm³/mol. The third kappa shape index (κ3) is 3.00. The van der Waals surface area contributed by atoms with E-state index in [9.17, 15) is 4.79 Å². The zero-order valence-electron chi connectivity index (χ0n) is 11.9. The number of carbonyl (C=O) groups excluding carboxylic acids is 1. The summed E-state index contributed by atoms with van der Waals surface area (Å²) in [6.07, 6.45) is 2.07. The number of thiophene rings is 1. The van der Waals surface area contributed by atoms with Crippen molar-refractivity contribution >= 4 is 29.0 Å². The molecule has 0 bridgehead atoms. The highest BCUT2D eigenvalue weighted by atomic mass is 32.2. The maximum absolute atomic E-state index is 12.8. The standard InChI is InChI=1S/C16H18N2OS2/c1-20-11-9-18-15(13-8-5-10-21-13)17-14(16(18)19)12-6-3-2-4-7-12/h2-8,10,14-15,17H,9,11H2,1H3. The molecule has 5 heteroatoms. The third-order valence-corrected chi connectivity index (χ3v) is 5.16. The molecular weight excluding hydrogens is 300 g/mol. The average molecular weight is 318 g/mol. The first kappa shape index (κ1) is 14.6. The van der Waals surface area contributed by atoms with Crippen LogP contribution >= 0.6 is 23.1 Å². The molecule has 1 aromatic carbocycles. The van der Waals surface area contributed by atoms with E-state index in [-0.39, 0.29) is 18.1 Å². The minimum atomic E-state index is -0.236. The molecule has 1 fully saturated rings. The van der Waals surface area contributed by atoms with E-state index in [0.29, 0.717) is 0 Å². The molecule has 3 nitrogen and oxygen atoms in total. The van der Waals surface area contributed by atoms with E-state index in [1.165, 1.54) is 4.88 Å². The van der Waals surface area contributed by atoms with Gasteiger partial charge in [0.2, 0.25) is 5.91 Å². The summed E-state index contributed by atoms with van der Waals surface area (Å²) in [5.41, 5.74) is 1.04. The molecule has 2 aromatic rings. The number of hydrogen-bond acceptors (Lipinski definition) is 4. The minimum Gasteiger partial charge on any atom is -0.320 e. The van der Waals surface area contributed by atoms with Crippen molar-refractivity contribution in [1.29, 1.82) is 0 Å². The Labute approximate surface area is 133 Å². The van der Waals surface area contributed by atoms with E-state index in [0.717, 1.165) is 17.9 Å². The SMILES string of the molecule is CSCCN1C(=O)C(c2ccccc2)NC1c1cccs1.